The highest BCUT2D eigenvalue weighted by molar-refractivity contribution is 9.10. The van der Waals surface area contributed by atoms with Crippen LogP contribution in [-0.4, -0.2) is 19.3 Å². The normalized spacial score (nSPS) is 11.8. The molecule has 0 fully saturated rings. The predicted molar refractivity (Wildman–Crippen MR) is 137 cm³/mol. The molecule has 5 nitrogen and oxygen atoms in total. The number of H-pyrrole nitrogens is 1. The lowest BCUT2D eigenvalue weighted by Gasteiger charge is -2.07. The molecule has 4 aromatic rings. The number of fused-ring (bicyclic) bond motifs is 1. The molecule has 0 aliphatic heterocycles. The van der Waals surface area contributed by atoms with Crippen LogP contribution in [-0.2, 0) is 16.4 Å². The summed E-state index contributed by atoms with van der Waals surface area (Å²) in [6.07, 6.45) is 2.01. The summed E-state index contributed by atoms with van der Waals surface area (Å²) in [6, 6.07) is 19.8. The Bertz CT molecular complexity index is 1480. The summed E-state index contributed by atoms with van der Waals surface area (Å²) in [5, 5.41) is 2.47. The van der Waals surface area contributed by atoms with Crippen LogP contribution >= 0.6 is 27.5 Å². The number of carbonyl (C=O) groups is 1. The van der Waals surface area contributed by atoms with Gasteiger partial charge in [0.05, 0.1) is 5.41 Å². The number of carbonyl (C=O) groups excluding carboxylic acids is 1. The zero-order valence-electron chi connectivity index (χ0n) is 17.6. The Hall–Kier alpha value is -2.87. The molecule has 168 valence electrons. The Morgan fingerprint density at radius 2 is 1.85 bits per heavy atom. The molecule has 8 heteroatoms. The van der Waals surface area contributed by atoms with Gasteiger partial charge in [-0.2, -0.15) is 0 Å². The van der Waals surface area contributed by atoms with Gasteiger partial charge in [-0.05, 0) is 60.0 Å². The van der Waals surface area contributed by atoms with Gasteiger partial charge in [0.1, 0.15) is 0 Å². The summed E-state index contributed by atoms with van der Waals surface area (Å²) in [5.41, 5.74) is 4.74. The average Bonchev–Trinajstić information content (AvgIpc) is 3.09. The molecule has 3 aromatic carbocycles. The topological polar surface area (TPSA) is 79.0 Å². The van der Waals surface area contributed by atoms with Crippen LogP contribution < -0.4 is 4.72 Å². The van der Waals surface area contributed by atoms with Gasteiger partial charge in [-0.3, -0.25) is 4.79 Å². The highest BCUT2D eigenvalue weighted by Crippen LogP contribution is 2.29. The molecule has 0 bridgehead atoms. The fraction of sp³-hybridized carbons (Fsp3) is 0.0800. The first-order chi connectivity index (χ1) is 15.7. The maximum absolute atomic E-state index is 12.7. The van der Waals surface area contributed by atoms with Gasteiger partial charge >= 0.3 is 0 Å². The highest BCUT2D eigenvalue weighted by atomic mass is 79.9. The van der Waals surface area contributed by atoms with Crippen molar-refractivity contribution in [3.63, 3.8) is 0 Å². The van der Waals surface area contributed by atoms with Crippen molar-refractivity contribution in [2.75, 3.05) is 0 Å². The fourth-order valence-corrected chi connectivity index (χ4v) is 5.08. The van der Waals surface area contributed by atoms with E-state index in [-0.39, 0.29) is 5.56 Å². The van der Waals surface area contributed by atoms with E-state index in [9.17, 15) is 13.2 Å². The second kappa shape index (κ2) is 9.55. The second-order valence-corrected chi connectivity index (χ2v) is 10.5. The van der Waals surface area contributed by atoms with Crippen LogP contribution in [0.2, 0.25) is 5.02 Å². The van der Waals surface area contributed by atoms with E-state index in [1.165, 1.54) is 6.08 Å². The maximum atomic E-state index is 12.7. The number of benzene rings is 3. The lowest BCUT2D eigenvalue weighted by molar-refractivity contribution is 0.0982. The third kappa shape index (κ3) is 5.55. The molecule has 0 aliphatic rings. The summed E-state index contributed by atoms with van der Waals surface area (Å²) in [4.78, 5) is 16.0. The van der Waals surface area contributed by atoms with E-state index in [1.807, 2.05) is 31.2 Å². The number of sulfonamides is 1. The number of aryl methyl sites for hydroxylation is 1. The van der Waals surface area contributed by atoms with Crippen LogP contribution in [0.25, 0.3) is 17.0 Å². The minimum atomic E-state index is -3.95. The number of rotatable bonds is 6. The molecule has 0 radical (unpaired) electrons. The number of aromatic nitrogens is 1. The third-order valence-corrected chi connectivity index (χ3v) is 7.05. The van der Waals surface area contributed by atoms with Gasteiger partial charge in [-0.15, -0.1) is 0 Å². The van der Waals surface area contributed by atoms with Crippen molar-refractivity contribution in [3.8, 4) is 0 Å². The monoisotopic (exact) mass is 542 g/mol. The van der Waals surface area contributed by atoms with E-state index >= 15 is 0 Å². The lowest BCUT2D eigenvalue weighted by Crippen LogP contribution is -2.28. The number of nitrogens with one attached hydrogen (secondary N) is 2. The van der Waals surface area contributed by atoms with Crippen molar-refractivity contribution in [1.29, 1.82) is 0 Å². The summed E-state index contributed by atoms with van der Waals surface area (Å²) >= 11 is 9.81. The molecule has 0 saturated heterocycles. The largest absolute Gasteiger partial charge is 0.358 e. The van der Waals surface area contributed by atoms with Gasteiger partial charge < -0.3 is 4.98 Å². The Labute approximate surface area is 205 Å². The van der Waals surface area contributed by atoms with E-state index in [0.29, 0.717) is 11.4 Å². The fourth-order valence-electron chi connectivity index (χ4n) is 3.56. The molecular weight excluding hydrogens is 524 g/mol. The lowest BCUT2D eigenvalue weighted by atomic mass is 10.0. The van der Waals surface area contributed by atoms with Crippen LogP contribution in [0.3, 0.4) is 0 Å². The molecule has 0 spiro atoms. The molecule has 1 heterocycles. The Morgan fingerprint density at radius 1 is 1.09 bits per heavy atom. The number of aromatic amines is 1. The Kier molecular flexibility index (Phi) is 6.74. The maximum Gasteiger partial charge on any atom is 0.265 e. The third-order valence-electron chi connectivity index (χ3n) is 5.24. The zero-order chi connectivity index (χ0) is 23.6. The summed E-state index contributed by atoms with van der Waals surface area (Å²) in [6.45, 7) is 1.96. The van der Waals surface area contributed by atoms with Crippen molar-refractivity contribution in [1.82, 2.24) is 9.71 Å². The molecule has 0 aliphatic carbocycles. The molecule has 1 aromatic heterocycles. The van der Waals surface area contributed by atoms with Crippen LogP contribution in [0.15, 0.2) is 76.6 Å². The van der Waals surface area contributed by atoms with Crippen LogP contribution in [0.4, 0.5) is 0 Å². The SMILES string of the molecule is Cc1[nH]c2ccc(C(=O)NS(=O)(=O)C=Cc3ccccc3)cc2c1Cc1ccc(Br)cc1Cl. The minimum Gasteiger partial charge on any atom is -0.358 e. The summed E-state index contributed by atoms with van der Waals surface area (Å²) < 4.78 is 27.8. The van der Waals surface area contributed by atoms with Gasteiger partial charge in [-0.25, -0.2) is 13.1 Å². The minimum absolute atomic E-state index is 0.251. The van der Waals surface area contributed by atoms with Crippen molar-refractivity contribution >= 4 is 60.4 Å². The van der Waals surface area contributed by atoms with Gasteiger partial charge in [0.2, 0.25) is 0 Å². The van der Waals surface area contributed by atoms with Gasteiger partial charge in [0.15, 0.2) is 0 Å². The van der Waals surface area contributed by atoms with Crippen molar-refractivity contribution < 1.29 is 13.2 Å². The Morgan fingerprint density at radius 3 is 2.58 bits per heavy atom. The first kappa shape index (κ1) is 23.3. The summed E-state index contributed by atoms with van der Waals surface area (Å²) in [7, 11) is -3.95. The van der Waals surface area contributed by atoms with E-state index in [4.69, 9.17) is 11.6 Å². The molecule has 4 rings (SSSR count). The van der Waals surface area contributed by atoms with Crippen molar-refractivity contribution in [2.45, 2.75) is 13.3 Å². The summed E-state index contributed by atoms with van der Waals surface area (Å²) in [5.74, 6) is -0.693. The molecule has 0 unspecified atom stereocenters. The Balaban J connectivity index is 1.60. The first-order valence-corrected chi connectivity index (χ1v) is 12.8. The van der Waals surface area contributed by atoms with E-state index < -0.39 is 15.9 Å². The smallest absolute Gasteiger partial charge is 0.265 e. The standard InChI is InChI=1S/C25H20BrClN2O3S/c1-16-21(13-18-7-9-20(26)15-23(18)27)22-14-19(8-10-24(22)28-16)25(30)29-33(31,32)12-11-17-5-3-2-4-6-17/h2-12,14-15,28H,13H2,1H3,(H,29,30). The van der Waals surface area contributed by atoms with E-state index in [2.05, 4.69) is 25.6 Å². The second-order valence-electron chi connectivity index (χ2n) is 7.59. The highest BCUT2D eigenvalue weighted by Gasteiger charge is 2.17. The average molecular weight is 544 g/mol. The molecule has 33 heavy (non-hydrogen) atoms. The number of amides is 1. The number of hydrogen-bond acceptors (Lipinski definition) is 3. The zero-order valence-corrected chi connectivity index (χ0v) is 20.8. The number of halogens is 2. The van der Waals surface area contributed by atoms with Crippen LogP contribution in [0.5, 0.6) is 0 Å². The molecular formula is C25H20BrClN2O3S. The number of hydrogen-bond donors (Lipinski definition) is 2. The van der Waals surface area contributed by atoms with E-state index in [0.717, 1.165) is 43.2 Å². The van der Waals surface area contributed by atoms with Crippen molar-refractivity contribution in [3.05, 3.63) is 110 Å². The van der Waals surface area contributed by atoms with Crippen LogP contribution in [0.1, 0.15) is 32.7 Å². The van der Waals surface area contributed by atoms with Gasteiger partial charge in [0, 0.05) is 38.1 Å². The molecule has 1 amide bonds. The van der Waals surface area contributed by atoms with Gasteiger partial charge in [0.25, 0.3) is 15.9 Å². The van der Waals surface area contributed by atoms with Crippen molar-refractivity contribution in [2.24, 2.45) is 0 Å². The van der Waals surface area contributed by atoms with Gasteiger partial charge in [-0.1, -0.05) is 63.9 Å². The predicted octanol–water partition coefficient (Wildman–Crippen LogP) is 6.21. The molecule has 0 saturated carbocycles. The van der Waals surface area contributed by atoms with Crippen LogP contribution in [0, 0.1) is 6.92 Å². The quantitative estimate of drug-likeness (QED) is 0.303. The molecule has 0 atom stereocenters. The first-order valence-electron chi connectivity index (χ1n) is 10.1. The van der Waals surface area contributed by atoms with E-state index in [1.54, 1.807) is 42.5 Å². The molecule has 2 N–H and O–H groups in total.